The minimum absolute atomic E-state index is 0.00467. The van der Waals surface area contributed by atoms with Crippen molar-refractivity contribution in [3.05, 3.63) is 40.7 Å². The molecule has 0 aliphatic carbocycles. The predicted octanol–water partition coefficient (Wildman–Crippen LogP) is 4.34. The van der Waals surface area contributed by atoms with Crippen LogP contribution >= 0.6 is 11.6 Å². The maximum Gasteiger partial charge on any atom is 0.433 e. The van der Waals surface area contributed by atoms with Crippen molar-refractivity contribution in [2.24, 2.45) is 0 Å². The molecule has 0 bridgehead atoms. The maximum atomic E-state index is 13.2. The lowest BCUT2D eigenvalue weighted by Gasteiger charge is -2.10. The zero-order valence-electron chi connectivity index (χ0n) is 16.0. The average Bonchev–Trinajstić information content (AvgIpc) is 3.05. The van der Waals surface area contributed by atoms with Crippen molar-refractivity contribution in [2.45, 2.75) is 13.1 Å². The van der Waals surface area contributed by atoms with Gasteiger partial charge in [0.2, 0.25) is 0 Å². The molecule has 1 N–H and O–H groups in total. The van der Waals surface area contributed by atoms with Gasteiger partial charge in [0.25, 0.3) is 0 Å². The smallest absolute Gasteiger partial charge is 0.433 e. The summed E-state index contributed by atoms with van der Waals surface area (Å²) in [5.41, 5.74) is -1.57. The van der Waals surface area contributed by atoms with Crippen molar-refractivity contribution in [3.8, 4) is 11.5 Å². The summed E-state index contributed by atoms with van der Waals surface area (Å²) in [6, 6.07) is 5.40. The molecule has 160 valence electrons. The summed E-state index contributed by atoms with van der Waals surface area (Å²) in [6.45, 7) is 1.56. The first-order valence-electron chi connectivity index (χ1n) is 8.51. The van der Waals surface area contributed by atoms with Crippen LogP contribution in [0.5, 0.6) is 11.5 Å². The molecule has 0 saturated carbocycles. The number of nitrogens with zero attached hydrogens (tertiary/aromatic N) is 3. The van der Waals surface area contributed by atoms with E-state index in [0.29, 0.717) is 23.3 Å². The molecule has 8 nitrogen and oxygen atoms in total. The fourth-order valence-corrected chi connectivity index (χ4v) is 2.84. The highest BCUT2D eigenvalue weighted by Crippen LogP contribution is 2.34. The second-order valence-corrected chi connectivity index (χ2v) is 6.25. The first kappa shape index (κ1) is 21.5. The Labute approximate surface area is 173 Å². The fraction of sp³-hybridized carbons (Fsp3) is 0.278. The van der Waals surface area contributed by atoms with Gasteiger partial charge in [-0.3, -0.25) is 0 Å². The molecule has 0 atom stereocenters. The van der Waals surface area contributed by atoms with Gasteiger partial charge in [-0.05, 0) is 6.92 Å². The third-order valence-corrected chi connectivity index (χ3v) is 4.20. The quantitative estimate of drug-likeness (QED) is 0.447. The second kappa shape index (κ2) is 8.27. The number of aromatic nitrogens is 3. The molecule has 0 saturated heterocycles. The van der Waals surface area contributed by atoms with Crippen LogP contribution in [0.3, 0.4) is 0 Å². The molecule has 12 heteroatoms. The highest BCUT2D eigenvalue weighted by atomic mass is 35.5. The lowest BCUT2D eigenvalue weighted by atomic mass is 10.2. The monoisotopic (exact) mass is 444 g/mol. The molecule has 0 fully saturated rings. The molecule has 0 aliphatic heterocycles. The number of alkyl halides is 3. The van der Waals surface area contributed by atoms with Crippen LogP contribution in [0.1, 0.15) is 23.0 Å². The number of carbonyl (C=O) groups is 1. The van der Waals surface area contributed by atoms with Gasteiger partial charge in [0.05, 0.1) is 20.8 Å². The van der Waals surface area contributed by atoms with Gasteiger partial charge in [-0.2, -0.15) is 13.2 Å². The van der Waals surface area contributed by atoms with Gasteiger partial charge in [0.15, 0.2) is 11.5 Å². The van der Waals surface area contributed by atoms with Crippen molar-refractivity contribution in [1.29, 1.82) is 0 Å². The predicted molar refractivity (Wildman–Crippen MR) is 102 cm³/mol. The number of halogens is 4. The lowest BCUT2D eigenvalue weighted by molar-refractivity contribution is -0.141. The zero-order valence-corrected chi connectivity index (χ0v) is 16.8. The highest BCUT2D eigenvalue weighted by Gasteiger charge is 2.35. The van der Waals surface area contributed by atoms with Crippen LogP contribution in [0, 0.1) is 0 Å². The van der Waals surface area contributed by atoms with E-state index >= 15 is 0 Å². The van der Waals surface area contributed by atoms with E-state index in [1.165, 1.54) is 14.2 Å². The van der Waals surface area contributed by atoms with Gasteiger partial charge in [-0.1, -0.05) is 11.6 Å². The van der Waals surface area contributed by atoms with Gasteiger partial charge in [-0.25, -0.2) is 14.3 Å². The molecular formula is C18H16ClF3N4O4. The summed E-state index contributed by atoms with van der Waals surface area (Å²) in [5, 5.41) is 6.59. The van der Waals surface area contributed by atoms with Crippen LogP contribution in [0.25, 0.3) is 5.65 Å². The Balaban J connectivity index is 2.20. The minimum Gasteiger partial charge on any atom is -0.497 e. The molecule has 0 aliphatic rings. The van der Waals surface area contributed by atoms with Gasteiger partial charge < -0.3 is 19.5 Å². The van der Waals surface area contributed by atoms with E-state index in [1.54, 1.807) is 25.1 Å². The van der Waals surface area contributed by atoms with Crippen molar-refractivity contribution in [1.82, 2.24) is 14.6 Å². The van der Waals surface area contributed by atoms with Crippen LogP contribution in [0.2, 0.25) is 5.15 Å². The Morgan fingerprint density at radius 3 is 2.33 bits per heavy atom. The standard InChI is InChI=1S/C18H16ClF3N4O4/c1-4-30-17(27)14-15(23-9-5-10(28-2)7-11(6-9)29-3)25-26-13(19)8-12(18(20,21)22)24-16(14)26/h5-8H,4H2,1-3H3,(H,23,25). The van der Waals surface area contributed by atoms with E-state index < -0.39 is 23.5 Å². The summed E-state index contributed by atoms with van der Waals surface area (Å²) < 4.78 is 55.8. The van der Waals surface area contributed by atoms with Crippen LogP contribution in [0.15, 0.2) is 24.3 Å². The van der Waals surface area contributed by atoms with Gasteiger partial charge in [0.1, 0.15) is 27.9 Å². The summed E-state index contributed by atoms with van der Waals surface area (Å²) in [4.78, 5) is 16.1. The number of benzene rings is 1. The Morgan fingerprint density at radius 2 is 1.80 bits per heavy atom. The first-order valence-corrected chi connectivity index (χ1v) is 8.89. The topological polar surface area (TPSA) is 87.0 Å². The Morgan fingerprint density at radius 1 is 1.17 bits per heavy atom. The number of hydrogen-bond acceptors (Lipinski definition) is 7. The van der Waals surface area contributed by atoms with Gasteiger partial charge in [0, 0.05) is 30.0 Å². The lowest BCUT2D eigenvalue weighted by Crippen LogP contribution is -2.12. The molecule has 0 unspecified atom stereocenters. The third-order valence-electron chi connectivity index (χ3n) is 3.93. The fourth-order valence-electron chi connectivity index (χ4n) is 2.62. The highest BCUT2D eigenvalue weighted by molar-refractivity contribution is 6.29. The molecule has 2 heterocycles. The van der Waals surface area contributed by atoms with E-state index in [9.17, 15) is 18.0 Å². The molecule has 1 aromatic carbocycles. The van der Waals surface area contributed by atoms with E-state index in [4.69, 9.17) is 25.8 Å². The number of hydrogen-bond donors (Lipinski definition) is 1. The van der Waals surface area contributed by atoms with Crippen LogP contribution in [-0.4, -0.2) is 41.4 Å². The third kappa shape index (κ3) is 4.20. The Kier molecular flexibility index (Phi) is 5.92. The van der Waals surface area contributed by atoms with Gasteiger partial charge >= 0.3 is 12.1 Å². The molecular weight excluding hydrogens is 429 g/mol. The van der Waals surface area contributed by atoms with Crippen LogP contribution in [0.4, 0.5) is 24.7 Å². The van der Waals surface area contributed by atoms with Crippen LogP contribution < -0.4 is 14.8 Å². The minimum atomic E-state index is -4.77. The van der Waals surface area contributed by atoms with Crippen LogP contribution in [-0.2, 0) is 10.9 Å². The van der Waals surface area contributed by atoms with Crippen molar-refractivity contribution in [3.63, 3.8) is 0 Å². The SMILES string of the molecule is CCOC(=O)c1c(Nc2cc(OC)cc(OC)c2)nn2c(Cl)cc(C(F)(F)F)nc12. The summed E-state index contributed by atoms with van der Waals surface area (Å²) in [6.07, 6.45) is -4.77. The molecule has 0 amide bonds. The summed E-state index contributed by atoms with van der Waals surface area (Å²) >= 11 is 5.97. The number of esters is 1. The van der Waals surface area contributed by atoms with E-state index in [2.05, 4.69) is 15.4 Å². The number of fused-ring (bicyclic) bond motifs is 1. The van der Waals surface area contributed by atoms with E-state index in [1.807, 2.05) is 0 Å². The van der Waals surface area contributed by atoms with E-state index in [0.717, 1.165) is 4.52 Å². The number of nitrogens with one attached hydrogen (secondary N) is 1. The Bertz CT molecular complexity index is 1080. The Hall–Kier alpha value is -3.21. The summed E-state index contributed by atoms with van der Waals surface area (Å²) in [7, 11) is 2.91. The molecule has 0 radical (unpaired) electrons. The maximum absolute atomic E-state index is 13.2. The molecule has 0 spiro atoms. The number of rotatable bonds is 6. The first-order chi connectivity index (χ1) is 14.2. The van der Waals surface area contributed by atoms with Crippen molar-refractivity contribution < 1.29 is 32.2 Å². The molecule has 30 heavy (non-hydrogen) atoms. The number of methoxy groups -OCH3 is 2. The van der Waals surface area contributed by atoms with Gasteiger partial charge in [-0.15, -0.1) is 5.10 Å². The number of carbonyl (C=O) groups excluding carboxylic acids is 1. The van der Waals surface area contributed by atoms with Crippen molar-refractivity contribution >= 4 is 34.7 Å². The normalized spacial score (nSPS) is 11.4. The zero-order chi connectivity index (χ0) is 22.1. The average molecular weight is 445 g/mol. The van der Waals surface area contributed by atoms with Crippen molar-refractivity contribution in [2.75, 3.05) is 26.1 Å². The second-order valence-electron chi connectivity index (χ2n) is 5.87. The summed E-state index contributed by atoms with van der Waals surface area (Å²) in [5.74, 6) is -0.132. The number of anilines is 2. The largest absolute Gasteiger partial charge is 0.497 e. The molecule has 3 aromatic rings. The van der Waals surface area contributed by atoms with E-state index in [-0.39, 0.29) is 23.1 Å². The number of ether oxygens (including phenoxy) is 3. The molecule has 3 rings (SSSR count). The molecule has 2 aromatic heterocycles.